The number of hydrogen-bond donors (Lipinski definition) is 1. The number of esters is 1. The molecule has 0 saturated carbocycles. The van der Waals surface area contributed by atoms with E-state index in [1.54, 1.807) is 30.3 Å². The van der Waals surface area contributed by atoms with Crippen LogP contribution in [0.25, 0.3) is 0 Å². The van der Waals surface area contributed by atoms with Crippen molar-refractivity contribution in [2.24, 2.45) is 0 Å². The molecular weight excluding hydrogens is 303 g/mol. The second kappa shape index (κ2) is 10.3. The Morgan fingerprint density at radius 1 is 1.19 bits per heavy atom. The third-order valence-electron chi connectivity index (χ3n) is 2.90. The van der Waals surface area contributed by atoms with E-state index < -0.39 is 21.3 Å². The minimum Gasteiger partial charge on any atom is -0.426 e. The van der Waals surface area contributed by atoms with Crippen molar-refractivity contribution < 1.29 is 52.1 Å². The van der Waals surface area contributed by atoms with E-state index in [1.807, 2.05) is 6.92 Å². The molecule has 0 bridgehead atoms. The summed E-state index contributed by atoms with van der Waals surface area (Å²) in [5.41, 5.74) is 0. The number of hydrogen-bond acceptors (Lipinski definition) is 4. The summed E-state index contributed by atoms with van der Waals surface area (Å²) in [5.74, 6) is -0.671. The molecule has 1 unspecified atom stereocenters. The van der Waals surface area contributed by atoms with Crippen LogP contribution in [0.4, 0.5) is 0 Å². The van der Waals surface area contributed by atoms with E-state index in [-0.39, 0.29) is 41.7 Å². The number of para-hydroxylation sites is 1. The van der Waals surface area contributed by atoms with Crippen LogP contribution >= 0.6 is 0 Å². The van der Waals surface area contributed by atoms with E-state index in [1.165, 1.54) is 0 Å². The number of unbranched alkanes of at least 4 members (excludes halogenated alkanes) is 3. The molecule has 0 radical (unpaired) electrons. The second-order valence-corrected chi connectivity index (χ2v) is 6.19. The first-order chi connectivity index (χ1) is 9.45. The van der Waals surface area contributed by atoms with Crippen LogP contribution in [0.5, 0.6) is 5.75 Å². The van der Waals surface area contributed by atoms with E-state index in [4.69, 9.17) is 9.29 Å². The molecule has 0 spiro atoms. The predicted octanol–water partition coefficient (Wildman–Crippen LogP) is -0.177. The van der Waals surface area contributed by atoms with Crippen LogP contribution in [-0.4, -0.2) is 24.2 Å². The molecule has 5 nitrogen and oxygen atoms in total. The quantitative estimate of drug-likeness (QED) is 0.236. The molecule has 0 heterocycles. The minimum atomic E-state index is -4.45. The van der Waals surface area contributed by atoms with Gasteiger partial charge in [-0.15, -0.1) is 0 Å². The standard InChI is InChI=1S/C14H20O5S.Na/c1-2-3-4-8-11-13(20(16,17)18)14(15)19-12-9-6-5-7-10-12;/h5-7,9-10,13H,2-4,8,11H2,1H3,(H,16,17,18);/q;+1. The van der Waals surface area contributed by atoms with Gasteiger partial charge in [0.15, 0.2) is 5.25 Å². The van der Waals surface area contributed by atoms with Gasteiger partial charge < -0.3 is 4.74 Å². The van der Waals surface area contributed by atoms with Crippen LogP contribution in [0.3, 0.4) is 0 Å². The van der Waals surface area contributed by atoms with Crippen molar-refractivity contribution in [1.82, 2.24) is 0 Å². The second-order valence-electron chi connectivity index (χ2n) is 4.59. The molecule has 0 aliphatic heterocycles. The van der Waals surface area contributed by atoms with Gasteiger partial charge in [-0.3, -0.25) is 9.35 Å². The summed E-state index contributed by atoms with van der Waals surface area (Å²) in [5, 5.41) is -1.51. The molecule has 1 rings (SSSR count). The Balaban J connectivity index is 0.00000400. The normalized spacial score (nSPS) is 12.3. The van der Waals surface area contributed by atoms with Gasteiger partial charge in [-0.2, -0.15) is 8.42 Å². The largest absolute Gasteiger partial charge is 1.00 e. The summed E-state index contributed by atoms with van der Waals surface area (Å²) in [6, 6.07) is 8.20. The summed E-state index contributed by atoms with van der Waals surface area (Å²) in [4.78, 5) is 11.9. The summed E-state index contributed by atoms with van der Waals surface area (Å²) in [6.07, 6.45) is 3.42. The molecule has 0 aliphatic rings. The van der Waals surface area contributed by atoms with E-state index in [0.717, 1.165) is 19.3 Å². The molecule has 7 heteroatoms. The molecule has 1 N–H and O–H groups in total. The van der Waals surface area contributed by atoms with Gasteiger partial charge in [0.1, 0.15) is 5.75 Å². The van der Waals surface area contributed by atoms with E-state index in [2.05, 4.69) is 0 Å². The van der Waals surface area contributed by atoms with Crippen LogP contribution in [0.1, 0.15) is 39.0 Å². The fourth-order valence-electron chi connectivity index (χ4n) is 1.82. The molecule has 21 heavy (non-hydrogen) atoms. The average Bonchev–Trinajstić information content (AvgIpc) is 2.38. The zero-order valence-corrected chi connectivity index (χ0v) is 15.3. The zero-order valence-electron chi connectivity index (χ0n) is 12.5. The maximum Gasteiger partial charge on any atom is 1.00 e. The van der Waals surface area contributed by atoms with Gasteiger partial charge in [-0.05, 0) is 18.6 Å². The van der Waals surface area contributed by atoms with Gasteiger partial charge in [0.2, 0.25) is 0 Å². The molecule has 1 aromatic carbocycles. The van der Waals surface area contributed by atoms with Crippen LogP contribution < -0.4 is 34.3 Å². The number of benzene rings is 1. The fraction of sp³-hybridized carbons (Fsp3) is 0.500. The van der Waals surface area contributed by atoms with Crippen molar-refractivity contribution in [2.45, 2.75) is 44.3 Å². The molecule has 0 aliphatic carbocycles. The molecule has 112 valence electrons. The Kier molecular flexibility index (Phi) is 10.1. The summed E-state index contributed by atoms with van der Waals surface area (Å²) < 4.78 is 36.7. The Morgan fingerprint density at radius 2 is 1.81 bits per heavy atom. The van der Waals surface area contributed by atoms with Crippen molar-refractivity contribution in [3.63, 3.8) is 0 Å². The van der Waals surface area contributed by atoms with Gasteiger partial charge in [-0.1, -0.05) is 50.8 Å². The Morgan fingerprint density at radius 3 is 2.33 bits per heavy atom. The first kappa shape index (κ1) is 20.6. The first-order valence-corrected chi connectivity index (χ1v) is 8.18. The van der Waals surface area contributed by atoms with E-state index >= 15 is 0 Å². The van der Waals surface area contributed by atoms with Gasteiger partial charge in [0.05, 0.1) is 0 Å². The number of ether oxygens (including phenoxy) is 1. The predicted molar refractivity (Wildman–Crippen MR) is 76.2 cm³/mol. The van der Waals surface area contributed by atoms with Crippen LogP contribution in [0.15, 0.2) is 30.3 Å². The third kappa shape index (κ3) is 7.97. The molecule has 1 atom stereocenters. The zero-order chi connectivity index (χ0) is 15.0. The average molecular weight is 323 g/mol. The van der Waals surface area contributed by atoms with Crippen LogP contribution in [0, 0.1) is 0 Å². The SMILES string of the molecule is CCCCCCC(C(=O)Oc1ccccc1)S(=O)(=O)O.[Na+]. The smallest absolute Gasteiger partial charge is 0.426 e. The molecule has 0 amide bonds. The van der Waals surface area contributed by atoms with Crippen molar-refractivity contribution in [1.29, 1.82) is 0 Å². The van der Waals surface area contributed by atoms with Crippen LogP contribution in [-0.2, 0) is 14.9 Å². The summed E-state index contributed by atoms with van der Waals surface area (Å²) in [6.45, 7) is 2.03. The van der Waals surface area contributed by atoms with Crippen molar-refractivity contribution in [3.8, 4) is 5.75 Å². The van der Waals surface area contributed by atoms with Crippen molar-refractivity contribution in [2.75, 3.05) is 0 Å². The number of rotatable bonds is 8. The molecular formula is C14H20NaO5S+. The summed E-state index contributed by atoms with van der Waals surface area (Å²) in [7, 11) is -4.45. The molecule has 0 fully saturated rings. The fourth-order valence-corrected chi connectivity index (χ4v) is 2.57. The van der Waals surface area contributed by atoms with Gasteiger partial charge in [-0.25, -0.2) is 0 Å². The van der Waals surface area contributed by atoms with E-state index in [9.17, 15) is 13.2 Å². The number of carbonyl (C=O) groups excluding carboxylic acids is 1. The Hall–Kier alpha value is -0.400. The molecule has 0 saturated heterocycles. The minimum absolute atomic E-state index is 0. The number of carbonyl (C=O) groups is 1. The topological polar surface area (TPSA) is 80.7 Å². The molecule has 0 aromatic heterocycles. The Bertz CT molecular complexity index is 515. The third-order valence-corrected chi connectivity index (χ3v) is 4.05. The maximum atomic E-state index is 11.9. The maximum absolute atomic E-state index is 11.9. The van der Waals surface area contributed by atoms with Gasteiger partial charge in [0.25, 0.3) is 10.1 Å². The van der Waals surface area contributed by atoms with Crippen molar-refractivity contribution in [3.05, 3.63) is 30.3 Å². The van der Waals surface area contributed by atoms with Gasteiger partial charge in [0, 0.05) is 0 Å². The monoisotopic (exact) mass is 323 g/mol. The van der Waals surface area contributed by atoms with E-state index in [0.29, 0.717) is 6.42 Å². The van der Waals surface area contributed by atoms with Gasteiger partial charge >= 0.3 is 35.5 Å². The Labute approximate surface area is 148 Å². The van der Waals surface area contributed by atoms with Crippen LogP contribution in [0.2, 0.25) is 0 Å². The van der Waals surface area contributed by atoms with Crippen molar-refractivity contribution >= 4 is 16.1 Å². The first-order valence-electron chi connectivity index (χ1n) is 6.68. The molecule has 1 aromatic rings. The summed E-state index contributed by atoms with van der Waals surface area (Å²) >= 11 is 0.